The van der Waals surface area contributed by atoms with E-state index in [4.69, 9.17) is 5.11 Å². The summed E-state index contributed by atoms with van der Waals surface area (Å²) in [7, 11) is 1.47. The monoisotopic (exact) mass is 386 g/mol. The number of amides is 2. The summed E-state index contributed by atoms with van der Waals surface area (Å²) in [4.78, 5) is 38.1. The highest BCUT2D eigenvalue weighted by atomic mass is 19.4. The molecular weight excluding hydrogens is 365 g/mol. The van der Waals surface area contributed by atoms with Gasteiger partial charge in [-0.1, -0.05) is 19.1 Å². The number of carboxylic acid groups (broad SMARTS) is 1. The summed E-state index contributed by atoms with van der Waals surface area (Å²) >= 11 is 0. The lowest BCUT2D eigenvalue weighted by atomic mass is 10.1. The predicted molar refractivity (Wildman–Crippen MR) is 89.4 cm³/mol. The van der Waals surface area contributed by atoms with Gasteiger partial charge in [0.25, 0.3) is 0 Å². The highest BCUT2D eigenvalue weighted by Crippen LogP contribution is 2.30. The number of carbonyl (C=O) groups excluding carboxylic acids is 2. The molecule has 1 aliphatic rings. The van der Waals surface area contributed by atoms with Crippen LogP contribution in [-0.2, 0) is 27.1 Å². The van der Waals surface area contributed by atoms with E-state index in [9.17, 15) is 27.6 Å². The normalized spacial score (nSPS) is 18.5. The minimum atomic E-state index is -4.47. The zero-order chi connectivity index (χ0) is 20.4. The van der Waals surface area contributed by atoms with Crippen LogP contribution in [0.3, 0.4) is 0 Å². The fraction of sp³-hybridized carbons (Fsp3) is 0.500. The molecule has 2 atom stereocenters. The van der Waals surface area contributed by atoms with Crippen molar-refractivity contribution in [3.05, 3.63) is 35.4 Å². The summed E-state index contributed by atoms with van der Waals surface area (Å²) in [6.45, 7) is 1.58. The summed E-state index contributed by atoms with van der Waals surface area (Å²) in [6, 6.07) is 4.73. The first-order valence-corrected chi connectivity index (χ1v) is 8.40. The first-order chi connectivity index (χ1) is 12.5. The predicted octanol–water partition coefficient (Wildman–Crippen LogP) is 2.23. The summed E-state index contributed by atoms with van der Waals surface area (Å²) in [5.41, 5.74) is -0.458. The highest BCUT2D eigenvalue weighted by Gasteiger charge is 2.36. The lowest BCUT2D eigenvalue weighted by Gasteiger charge is -2.23. The zero-order valence-corrected chi connectivity index (χ0v) is 15.0. The quantitative estimate of drug-likeness (QED) is 0.813. The van der Waals surface area contributed by atoms with Crippen molar-refractivity contribution in [2.24, 2.45) is 11.8 Å². The average Bonchev–Trinajstić information content (AvgIpc) is 2.94. The Labute approximate surface area is 154 Å². The molecule has 148 valence electrons. The standard InChI is InChI=1S/C18H21F3N2O4/c1-11(17(26)27)8-22(2)16(25)13-7-15(24)23(10-13)9-12-4-3-5-14(6-12)18(19,20)21/h3-6,11,13H,7-10H2,1-2H3,(H,26,27). The Kier molecular flexibility index (Phi) is 6.12. The Bertz CT molecular complexity index is 736. The smallest absolute Gasteiger partial charge is 0.416 e. The maximum atomic E-state index is 12.8. The van der Waals surface area contributed by atoms with Crippen LogP contribution in [0.2, 0.25) is 0 Å². The maximum Gasteiger partial charge on any atom is 0.416 e. The van der Waals surface area contributed by atoms with Gasteiger partial charge in [-0.2, -0.15) is 13.2 Å². The molecule has 0 spiro atoms. The van der Waals surface area contributed by atoms with Crippen LogP contribution in [0.1, 0.15) is 24.5 Å². The minimum Gasteiger partial charge on any atom is -0.481 e. The number of alkyl halides is 3. The molecular formula is C18H21F3N2O4. The zero-order valence-electron chi connectivity index (χ0n) is 15.0. The fourth-order valence-corrected chi connectivity index (χ4v) is 3.05. The number of hydrogen-bond donors (Lipinski definition) is 1. The number of hydrogen-bond acceptors (Lipinski definition) is 3. The SMILES string of the molecule is CC(CN(C)C(=O)C1CC(=O)N(Cc2cccc(C(F)(F)F)c2)C1)C(=O)O. The molecule has 9 heteroatoms. The number of nitrogens with zero attached hydrogens (tertiary/aromatic N) is 2. The van der Waals surface area contributed by atoms with Crippen LogP contribution in [0.15, 0.2) is 24.3 Å². The van der Waals surface area contributed by atoms with Gasteiger partial charge in [-0.15, -0.1) is 0 Å². The second kappa shape index (κ2) is 7.98. The van der Waals surface area contributed by atoms with Crippen LogP contribution in [-0.4, -0.2) is 52.8 Å². The van der Waals surface area contributed by atoms with Crippen LogP contribution >= 0.6 is 0 Å². The Morgan fingerprint density at radius 2 is 2.04 bits per heavy atom. The van der Waals surface area contributed by atoms with Crippen molar-refractivity contribution >= 4 is 17.8 Å². The van der Waals surface area contributed by atoms with Gasteiger partial charge < -0.3 is 14.9 Å². The van der Waals surface area contributed by atoms with Crippen LogP contribution in [0.25, 0.3) is 0 Å². The van der Waals surface area contributed by atoms with Crippen LogP contribution < -0.4 is 0 Å². The summed E-state index contributed by atoms with van der Waals surface area (Å²) in [5.74, 6) is -3.05. The van der Waals surface area contributed by atoms with Gasteiger partial charge in [-0.3, -0.25) is 14.4 Å². The summed E-state index contributed by atoms with van der Waals surface area (Å²) in [6.07, 6.45) is -4.50. The van der Waals surface area contributed by atoms with Gasteiger partial charge in [-0.25, -0.2) is 0 Å². The average molecular weight is 386 g/mol. The first kappa shape index (κ1) is 20.7. The van der Waals surface area contributed by atoms with Crippen molar-refractivity contribution in [1.29, 1.82) is 0 Å². The molecule has 0 aromatic heterocycles. The van der Waals surface area contributed by atoms with Gasteiger partial charge in [0, 0.05) is 33.1 Å². The number of aliphatic carboxylic acids is 1. The fourth-order valence-electron chi connectivity index (χ4n) is 3.05. The molecule has 0 bridgehead atoms. The molecule has 27 heavy (non-hydrogen) atoms. The van der Waals surface area contributed by atoms with Crippen molar-refractivity contribution in [3.8, 4) is 0 Å². The highest BCUT2D eigenvalue weighted by molar-refractivity contribution is 5.89. The van der Waals surface area contributed by atoms with E-state index in [1.807, 2.05) is 0 Å². The second-order valence-electron chi connectivity index (χ2n) is 6.83. The molecule has 0 saturated carbocycles. The first-order valence-electron chi connectivity index (χ1n) is 8.40. The van der Waals surface area contributed by atoms with Gasteiger partial charge >= 0.3 is 12.1 Å². The minimum absolute atomic E-state index is 0.0121. The number of carbonyl (C=O) groups is 3. The van der Waals surface area contributed by atoms with Crippen molar-refractivity contribution in [2.45, 2.75) is 26.1 Å². The Morgan fingerprint density at radius 1 is 1.37 bits per heavy atom. The van der Waals surface area contributed by atoms with Crippen LogP contribution in [0.5, 0.6) is 0 Å². The Morgan fingerprint density at radius 3 is 2.63 bits per heavy atom. The Balaban J connectivity index is 2.01. The molecule has 1 saturated heterocycles. The lowest BCUT2D eigenvalue weighted by Crippen LogP contribution is -2.38. The largest absolute Gasteiger partial charge is 0.481 e. The van der Waals surface area contributed by atoms with E-state index in [-0.39, 0.29) is 37.9 Å². The number of halogens is 3. The number of rotatable bonds is 6. The maximum absolute atomic E-state index is 12.8. The number of likely N-dealkylation sites (tertiary alicyclic amines) is 1. The third kappa shape index (κ3) is 5.21. The molecule has 0 radical (unpaired) electrons. The third-order valence-electron chi connectivity index (χ3n) is 4.54. The van der Waals surface area contributed by atoms with E-state index in [2.05, 4.69) is 0 Å². The van der Waals surface area contributed by atoms with Crippen molar-refractivity contribution in [1.82, 2.24) is 9.80 Å². The molecule has 0 aliphatic carbocycles. The summed E-state index contributed by atoms with van der Waals surface area (Å²) < 4.78 is 38.4. The molecule has 2 unspecified atom stereocenters. The molecule has 2 amide bonds. The molecule has 1 aromatic rings. The van der Waals surface area contributed by atoms with Gasteiger partial charge in [0.05, 0.1) is 17.4 Å². The molecule has 1 N–H and O–H groups in total. The van der Waals surface area contributed by atoms with E-state index >= 15 is 0 Å². The van der Waals surface area contributed by atoms with E-state index in [1.54, 1.807) is 0 Å². The molecule has 1 aromatic carbocycles. The van der Waals surface area contributed by atoms with Crippen LogP contribution in [0.4, 0.5) is 13.2 Å². The molecule has 1 aliphatic heterocycles. The number of carboxylic acids is 1. The van der Waals surface area contributed by atoms with Crippen LogP contribution in [0, 0.1) is 11.8 Å². The van der Waals surface area contributed by atoms with E-state index < -0.39 is 29.5 Å². The van der Waals surface area contributed by atoms with Gasteiger partial charge in [0.2, 0.25) is 11.8 Å². The lowest BCUT2D eigenvalue weighted by molar-refractivity contribution is -0.143. The van der Waals surface area contributed by atoms with Gasteiger partial charge in [0.1, 0.15) is 0 Å². The summed E-state index contributed by atoms with van der Waals surface area (Å²) in [5, 5.41) is 8.93. The van der Waals surface area contributed by atoms with Gasteiger partial charge in [-0.05, 0) is 17.7 Å². The van der Waals surface area contributed by atoms with E-state index in [1.165, 1.54) is 35.9 Å². The third-order valence-corrected chi connectivity index (χ3v) is 4.54. The molecule has 2 rings (SSSR count). The molecule has 1 fully saturated rings. The van der Waals surface area contributed by atoms with Crippen molar-refractivity contribution < 1.29 is 32.7 Å². The van der Waals surface area contributed by atoms with E-state index in [0.717, 1.165) is 12.1 Å². The Hall–Kier alpha value is -2.58. The van der Waals surface area contributed by atoms with Crippen molar-refractivity contribution in [2.75, 3.05) is 20.1 Å². The molecule has 1 heterocycles. The molecule has 6 nitrogen and oxygen atoms in total. The van der Waals surface area contributed by atoms with Crippen molar-refractivity contribution in [3.63, 3.8) is 0 Å². The topological polar surface area (TPSA) is 77.9 Å². The van der Waals surface area contributed by atoms with Gasteiger partial charge in [0.15, 0.2) is 0 Å². The second-order valence-corrected chi connectivity index (χ2v) is 6.83. The number of benzene rings is 1. The van der Waals surface area contributed by atoms with E-state index in [0.29, 0.717) is 5.56 Å².